The third kappa shape index (κ3) is 6.68. The van der Waals surface area contributed by atoms with Crippen LogP contribution in [0.15, 0.2) is 53.6 Å². The predicted octanol–water partition coefficient (Wildman–Crippen LogP) is 4.70. The number of hydrogen-bond acceptors (Lipinski definition) is 3. The number of hydrazone groups is 1. The average molecular weight is 382 g/mol. The molecule has 0 saturated heterocycles. The molecule has 27 heavy (non-hydrogen) atoms. The summed E-state index contributed by atoms with van der Waals surface area (Å²) < 4.78 is 5.82. The second-order valence-corrected chi connectivity index (χ2v) is 7.43. The van der Waals surface area contributed by atoms with Crippen LogP contribution < -0.4 is 15.5 Å². The summed E-state index contributed by atoms with van der Waals surface area (Å²) in [4.78, 5) is 0. The quantitative estimate of drug-likeness (QED) is 0.432. The van der Waals surface area contributed by atoms with Crippen molar-refractivity contribution in [3.63, 3.8) is 0 Å². The fourth-order valence-electron chi connectivity index (χ4n) is 3.13. The fraction of sp³-hybridized carbons (Fsp3) is 0.364. The Bertz CT molecular complexity index is 750. The van der Waals surface area contributed by atoms with Crippen molar-refractivity contribution in [1.82, 2.24) is 10.7 Å². The number of aryl methyl sites for hydroxylation is 1. The zero-order chi connectivity index (χ0) is 18.9. The van der Waals surface area contributed by atoms with E-state index in [1.165, 1.54) is 37.7 Å². The minimum Gasteiger partial charge on any atom is -0.489 e. The largest absolute Gasteiger partial charge is 0.489 e. The number of benzene rings is 2. The maximum atomic E-state index is 5.82. The zero-order valence-electron chi connectivity index (χ0n) is 15.8. The van der Waals surface area contributed by atoms with E-state index in [0.29, 0.717) is 17.8 Å². The highest BCUT2D eigenvalue weighted by Gasteiger charge is 2.13. The van der Waals surface area contributed by atoms with E-state index >= 15 is 0 Å². The minimum atomic E-state index is 0.485. The molecule has 1 aliphatic carbocycles. The van der Waals surface area contributed by atoms with Gasteiger partial charge in [-0.15, -0.1) is 0 Å². The van der Waals surface area contributed by atoms with E-state index in [1.807, 2.05) is 24.3 Å². The Morgan fingerprint density at radius 1 is 1.07 bits per heavy atom. The summed E-state index contributed by atoms with van der Waals surface area (Å²) in [6.07, 6.45) is 8.04. The molecular weight excluding hydrogens is 354 g/mol. The van der Waals surface area contributed by atoms with Gasteiger partial charge in [-0.2, -0.15) is 5.10 Å². The molecule has 0 atom stereocenters. The Hall–Kier alpha value is -2.40. The van der Waals surface area contributed by atoms with Crippen molar-refractivity contribution in [2.24, 2.45) is 5.10 Å². The molecule has 0 bridgehead atoms. The van der Waals surface area contributed by atoms with E-state index in [0.717, 1.165) is 16.9 Å². The first-order valence-corrected chi connectivity index (χ1v) is 9.98. The number of hydrogen-bond donors (Lipinski definition) is 2. The van der Waals surface area contributed by atoms with Crippen LogP contribution in [-0.2, 0) is 6.61 Å². The van der Waals surface area contributed by atoms with Crippen molar-refractivity contribution >= 4 is 23.5 Å². The molecule has 1 saturated carbocycles. The third-order valence-corrected chi connectivity index (χ3v) is 4.94. The van der Waals surface area contributed by atoms with Gasteiger partial charge in [-0.05, 0) is 67.4 Å². The van der Waals surface area contributed by atoms with E-state index in [-0.39, 0.29) is 0 Å². The molecule has 0 heterocycles. The molecule has 0 unspecified atom stereocenters. The third-order valence-electron chi connectivity index (χ3n) is 4.73. The van der Waals surface area contributed by atoms with Crippen molar-refractivity contribution < 1.29 is 4.74 Å². The van der Waals surface area contributed by atoms with Crippen LogP contribution in [-0.4, -0.2) is 17.4 Å². The zero-order valence-corrected chi connectivity index (χ0v) is 16.6. The summed E-state index contributed by atoms with van der Waals surface area (Å²) >= 11 is 5.30. The molecule has 3 rings (SSSR count). The molecule has 0 amide bonds. The minimum absolute atomic E-state index is 0.485. The molecule has 1 fully saturated rings. The Balaban J connectivity index is 1.42. The first-order valence-electron chi connectivity index (χ1n) is 9.57. The summed E-state index contributed by atoms with van der Waals surface area (Å²) in [5, 5.41) is 8.15. The topological polar surface area (TPSA) is 45.6 Å². The average Bonchev–Trinajstić information content (AvgIpc) is 2.69. The molecule has 142 valence electrons. The van der Waals surface area contributed by atoms with E-state index < -0.39 is 0 Å². The SMILES string of the molecule is Cc1ccc(COc2ccc(/C=N\NC(=S)NC3CCCCC3)cc2)cc1. The van der Waals surface area contributed by atoms with Crippen LogP contribution in [0, 0.1) is 6.92 Å². The van der Waals surface area contributed by atoms with Gasteiger partial charge < -0.3 is 10.1 Å². The van der Waals surface area contributed by atoms with Crippen molar-refractivity contribution in [1.29, 1.82) is 0 Å². The van der Waals surface area contributed by atoms with E-state index in [1.54, 1.807) is 6.21 Å². The Morgan fingerprint density at radius 3 is 2.48 bits per heavy atom. The summed E-state index contributed by atoms with van der Waals surface area (Å²) in [6.45, 7) is 2.65. The molecule has 2 aromatic carbocycles. The molecule has 2 N–H and O–H groups in total. The van der Waals surface area contributed by atoms with Gasteiger partial charge in [-0.3, -0.25) is 5.43 Å². The molecule has 2 aromatic rings. The van der Waals surface area contributed by atoms with Gasteiger partial charge >= 0.3 is 0 Å². The lowest BCUT2D eigenvalue weighted by atomic mass is 9.96. The highest BCUT2D eigenvalue weighted by molar-refractivity contribution is 7.80. The standard InChI is InChI=1S/C22H27N3OS/c1-17-7-9-19(10-8-17)16-26-21-13-11-18(12-14-21)15-23-25-22(27)24-20-5-3-2-4-6-20/h7-15,20H,2-6,16H2,1H3,(H2,24,25,27)/b23-15-. The number of nitrogens with one attached hydrogen (secondary N) is 2. The lowest BCUT2D eigenvalue weighted by Gasteiger charge is -2.23. The van der Waals surface area contributed by atoms with Crippen molar-refractivity contribution in [2.75, 3.05) is 0 Å². The number of rotatable bonds is 6. The number of thiocarbonyl (C=S) groups is 1. The van der Waals surface area contributed by atoms with E-state index in [2.05, 4.69) is 47.0 Å². The van der Waals surface area contributed by atoms with Gasteiger partial charge in [-0.1, -0.05) is 49.1 Å². The molecule has 0 spiro atoms. The molecule has 0 radical (unpaired) electrons. The van der Waals surface area contributed by atoms with Crippen LogP contribution >= 0.6 is 12.2 Å². The van der Waals surface area contributed by atoms with Crippen LogP contribution in [0.3, 0.4) is 0 Å². The summed E-state index contributed by atoms with van der Waals surface area (Å²) in [6, 6.07) is 16.7. The van der Waals surface area contributed by atoms with Crippen LogP contribution in [0.5, 0.6) is 5.75 Å². The highest BCUT2D eigenvalue weighted by atomic mass is 32.1. The van der Waals surface area contributed by atoms with Crippen LogP contribution in [0.1, 0.15) is 48.8 Å². The molecule has 0 aromatic heterocycles. The van der Waals surface area contributed by atoms with Crippen LogP contribution in [0.2, 0.25) is 0 Å². The maximum absolute atomic E-state index is 5.82. The fourth-order valence-corrected chi connectivity index (χ4v) is 3.35. The Morgan fingerprint density at radius 2 is 1.78 bits per heavy atom. The van der Waals surface area contributed by atoms with Crippen LogP contribution in [0.4, 0.5) is 0 Å². The maximum Gasteiger partial charge on any atom is 0.187 e. The first-order chi connectivity index (χ1) is 13.2. The molecular formula is C22H27N3OS. The van der Waals surface area contributed by atoms with Gasteiger partial charge in [-0.25, -0.2) is 0 Å². The lowest BCUT2D eigenvalue weighted by Crippen LogP contribution is -2.40. The Kier molecular flexibility index (Phi) is 7.22. The van der Waals surface area contributed by atoms with Gasteiger partial charge in [0.15, 0.2) is 5.11 Å². The molecule has 1 aliphatic rings. The van der Waals surface area contributed by atoms with Gasteiger partial charge in [0.1, 0.15) is 12.4 Å². The molecule has 5 heteroatoms. The summed E-state index contributed by atoms with van der Waals surface area (Å²) in [5.74, 6) is 0.843. The highest BCUT2D eigenvalue weighted by Crippen LogP contribution is 2.17. The van der Waals surface area contributed by atoms with Crippen LogP contribution in [0.25, 0.3) is 0 Å². The monoisotopic (exact) mass is 381 g/mol. The number of nitrogens with zero attached hydrogens (tertiary/aromatic N) is 1. The molecule has 4 nitrogen and oxygen atoms in total. The summed E-state index contributed by atoms with van der Waals surface area (Å²) in [7, 11) is 0. The predicted molar refractivity (Wildman–Crippen MR) is 115 cm³/mol. The summed E-state index contributed by atoms with van der Waals surface area (Å²) in [5.41, 5.74) is 6.31. The van der Waals surface area contributed by atoms with Crippen molar-refractivity contribution in [3.8, 4) is 5.75 Å². The van der Waals surface area contributed by atoms with E-state index in [9.17, 15) is 0 Å². The van der Waals surface area contributed by atoms with Gasteiger partial charge in [0.25, 0.3) is 0 Å². The second-order valence-electron chi connectivity index (χ2n) is 7.02. The normalized spacial score (nSPS) is 14.9. The van der Waals surface area contributed by atoms with Gasteiger partial charge in [0.05, 0.1) is 6.21 Å². The Labute approximate surface area is 167 Å². The smallest absolute Gasteiger partial charge is 0.187 e. The van der Waals surface area contributed by atoms with Gasteiger partial charge in [0, 0.05) is 6.04 Å². The van der Waals surface area contributed by atoms with Gasteiger partial charge in [0.2, 0.25) is 0 Å². The van der Waals surface area contributed by atoms with E-state index in [4.69, 9.17) is 17.0 Å². The second kappa shape index (κ2) is 10.1. The first kappa shape index (κ1) is 19.4. The van der Waals surface area contributed by atoms with Crippen molar-refractivity contribution in [2.45, 2.75) is 51.7 Å². The molecule has 0 aliphatic heterocycles. The lowest BCUT2D eigenvalue weighted by molar-refractivity contribution is 0.306. The number of ether oxygens (including phenoxy) is 1. The van der Waals surface area contributed by atoms with Crippen molar-refractivity contribution in [3.05, 3.63) is 65.2 Å².